The van der Waals surface area contributed by atoms with Crippen LogP contribution in [0.5, 0.6) is 0 Å². The molecule has 2 aliphatic rings. The van der Waals surface area contributed by atoms with E-state index in [9.17, 15) is 0 Å². The minimum absolute atomic E-state index is 0.344. The van der Waals surface area contributed by atoms with Gasteiger partial charge in [-0.15, -0.1) is 0 Å². The van der Waals surface area contributed by atoms with Gasteiger partial charge in [0.25, 0.3) is 0 Å². The van der Waals surface area contributed by atoms with Gasteiger partial charge in [-0.1, -0.05) is 0 Å². The Balaban J connectivity index is 1.51. The molecule has 0 spiro atoms. The molecular weight excluding hydrogens is 260 g/mol. The molecule has 2 aliphatic heterocycles. The van der Waals surface area contributed by atoms with Crippen LogP contribution < -0.4 is 4.90 Å². The summed E-state index contributed by atoms with van der Waals surface area (Å²) in [5.74, 6) is 1.83. The second-order valence-electron chi connectivity index (χ2n) is 5.62. The van der Waals surface area contributed by atoms with E-state index in [2.05, 4.69) is 19.8 Å². The van der Waals surface area contributed by atoms with Crippen LogP contribution in [0.25, 0.3) is 0 Å². The number of anilines is 1. The molecule has 4 nitrogen and oxygen atoms in total. The summed E-state index contributed by atoms with van der Waals surface area (Å²) in [6, 6.07) is 1.95. The molecule has 2 fully saturated rings. The summed E-state index contributed by atoms with van der Waals surface area (Å²) < 4.78 is 0. The molecule has 104 valence electrons. The Morgan fingerprint density at radius 3 is 2.58 bits per heavy atom. The fourth-order valence-electron chi connectivity index (χ4n) is 3.18. The zero-order valence-corrected chi connectivity index (χ0v) is 12.0. The van der Waals surface area contributed by atoms with Crippen LogP contribution in [0.1, 0.15) is 25.7 Å². The van der Waals surface area contributed by atoms with Crippen molar-refractivity contribution in [2.75, 3.05) is 37.6 Å². The first-order valence-electron chi connectivity index (χ1n) is 7.27. The third-order valence-electron chi connectivity index (χ3n) is 4.27. The summed E-state index contributed by atoms with van der Waals surface area (Å²) >= 11 is 5.85. The first kappa shape index (κ1) is 13.1. The molecule has 0 bridgehead atoms. The highest BCUT2D eigenvalue weighted by Crippen LogP contribution is 2.24. The molecule has 0 unspecified atom stereocenters. The van der Waals surface area contributed by atoms with Crippen molar-refractivity contribution in [1.82, 2.24) is 14.9 Å². The van der Waals surface area contributed by atoms with Gasteiger partial charge in [0.2, 0.25) is 5.28 Å². The van der Waals surface area contributed by atoms with E-state index in [1.54, 1.807) is 6.20 Å². The van der Waals surface area contributed by atoms with Gasteiger partial charge in [-0.25, -0.2) is 9.97 Å². The summed E-state index contributed by atoms with van der Waals surface area (Å²) in [6.07, 6.45) is 7.04. The number of rotatable bonds is 3. The zero-order chi connectivity index (χ0) is 13.1. The third-order valence-corrected chi connectivity index (χ3v) is 4.45. The average Bonchev–Trinajstić information content (AvgIpc) is 2.92. The zero-order valence-electron chi connectivity index (χ0n) is 11.3. The van der Waals surface area contributed by atoms with Crippen molar-refractivity contribution >= 4 is 17.4 Å². The second-order valence-corrected chi connectivity index (χ2v) is 5.96. The quantitative estimate of drug-likeness (QED) is 0.796. The minimum atomic E-state index is 0.344. The van der Waals surface area contributed by atoms with Crippen LogP contribution in [0.3, 0.4) is 0 Å². The van der Waals surface area contributed by atoms with E-state index < -0.39 is 0 Å². The normalized spacial score (nSPS) is 22.1. The minimum Gasteiger partial charge on any atom is -0.356 e. The lowest BCUT2D eigenvalue weighted by molar-refractivity contribution is 0.249. The van der Waals surface area contributed by atoms with E-state index in [-0.39, 0.29) is 0 Å². The lowest BCUT2D eigenvalue weighted by Crippen LogP contribution is -2.38. The molecule has 0 radical (unpaired) electrons. The van der Waals surface area contributed by atoms with Gasteiger partial charge in [0.05, 0.1) is 0 Å². The van der Waals surface area contributed by atoms with Crippen LogP contribution in [0.4, 0.5) is 5.82 Å². The highest BCUT2D eigenvalue weighted by atomic mass is 35.5. The smallest absolute Gasteiger partial charge is 0.224 e. The Morgan fingerprint density at radius 1 is 1.16 bits per heavy atom. The Morgan fingerprint density at radius 2 is 1.89 bits per heavy atom. The molecule has 0 saturated carbocycles. The van der Waals surface area contributed by atoms with Gasteiger partial charge in [-0.3, -0.25) is 0 Å². The van der Waals surface area contributed by atoms with E-state index in [0.717, 1.165) is 24.8 Å². The van der Waals surface area contributed by atoms with Crippen molar-refractivity contribution < 1.29 is 0 Å². The molecule has 3 rings (SSSR count). The van der Waals surface area contributed by atoms with Crippen molar-refractivity contribution in [3.63, 3.8) is 0 Å². The summed E-state index contributed by atoms with van der Waals surface area (Å²) in [4.78, 5) is 13.2. The van der Waals surface area contributed by atoms with Crippen molar-refractivity contribution in [2.24, 2.45) is 5.92 Å². The standard InChI is InChI=1S/C14H21ClN4/c15-14-16-6-3-13(17-14)19-9-4-12(5-10-19)11-18-7-1-2-8-18/h3,6,12H,1-2,4-5,7-11H2. The van der Waals surface area contributed by atoms with E-state index in [0.29, 0.717) is 5.28 Å². The van der Waals surface area contributed by atoms with Crippen molar-refractivity contribution in [2.45, 2.75) is 25.7 Å². The maximum atomic E-state index is 5.85. The number of nitrogens with zero attached hydrogens (tertiary/aromatic N) is 4. The first-order valence-corrected chi connectivity index (χ1v) is 7.65. The predicted molar refractivity (Wildman–Crippen MR) is 77.7 cm³/mol. The lowest BCUT2D eigenvalue weighted by atomic mass is 9.96. The highest BCUT2D eigenvalue weighted by molar-refractivity contribution is 6.28. The van der Waals surface area contributed by atoms with Gasteiger partial charge in [0.1, 0.15) is 5.82 Å². The number of halogens is 1. The fraction of sp³-hybridized carbons (Fsp3) is 0.714. The van der Waals surface area contributed by atoms with Gasteiger partial charge in [0, 0.05) is 25.8 Å². The molecule has 0 aliphatic carbocycles. The van der Waals surface area contributed by atoms with Crippen molar-refractivity contribution in [1.29, 1.82) is 0 Å². The molecule has 0 N–H and O–H groups in total. The van der Waals surface area contributed by atoms with Crippen LogP contribution >= 0.6 is 11.6 Å². The molecule has 2 saturated heterocycles. The molecule has 0 aromatic carbocycles. The number of aromatic nitrogens is 2. The van der Waals surface area contributed by atoms with Crippen LogP contribution in [0.15, 0.2) is 12.3 Å². The molecule has 1 aromatic rings. The second kappa shape index (κ2) is 6.06. The Bertz CT molecular complexity index is 412. The molecule has 19 heavy (non-hydrogen) atoms. The van der Waals surface area contributed by atoms with E-state index in [1.807, 2.05) is 6.07 Å². The third kappa shape index (κ3) is 3.37. The topological polar surface area (TPSA) is 32.3 Å². The first-order chi connectivity index (χ1) is 9.31. The van der Waals surface area contributed by atoms with Gasteiger partial charge in [0.15, 0.2) is 0 Å². The van der Waals surface area contributed by atoms with Crippen molar-refractivity contribution in [3.05, 3.63) is 17.5 Å². The fourth-order valence-corrected chi connectivity index (χ4v) is 3.32. The molecule has 0 atom stereocenters. The largest absolute Gasteiger partial charge is 0.356 e. The summed E-state index contributed by atoms with van der Waals surface area (Å²) in [5.41, 5.74) is 0. The molecule has 1 aromatic heterocycles. The summed E-state index contributed by atoms with van der Waals surface area (Å²) in [6.45, 7) is 6.08. The highest BCUT2D eigenvalue weighted by Gasteiger charge is 2.23. The van der Waals surface area contributed by atoms with Crippen LogP contribution in [0.2, 0.25) is 5.28 Å². The Hall–Kier alpha value is -0.870. The molecule has 0 amide bonds. The average molecular weight is 281 g/mol. The van der Waals surface area contributed by atoms with Gasteiger partial charge < -0.3 is 9.80 Å². The maximum Gasteiger partial charge on any atom is 0.224 e. The van der Waals surface area contributed by atoms with Gasteiger partial charge in [-0.2, -0.15) is 0 Å². The molecular formula is C14H21ClN4. The van der Waals surface area contributed by atoms with Crippen LogP contribution in [0, 0.1) is 5.92 Å². The Labute approximate surface area is 119 Å². The lowest BCUT2D eigenvalue weighted by Gasteiger charge is -2.34. The van der Waals surface area contributed by atoms with Crippen LogP contribution in [-0.2, 0) is 0 Å². The van der Waals surface area contributed by atoms with Gasteiger partial charge >= 0.3 is 0 Å². The van der Waals surface area contributed by atoms with Crippen LogP contribution in [-0.4, -0.2) is 47.6 Å². The number of likely N-dealkylation sites (tertiary alicyclic amines) is 1. The monoisotopic (exact) mass is 280 g/mol. The molecule has 3 heterocycles. The van der Waals surface area contributed by atoms with Gasteiger partial charge in [-0.05, 0) is 62.4 Å². The molecule has 5 heteroatoms. The van der Waals surface area contributed by atoms with E-state index in [4.69, 9.17) is 11.6 Å². The van der Waals surface area contributed by atoms with E-state index >= 15 is 0 Å². The van der Waals surface area contributed by atoms with Crippen molar-refractivity contribution in [3.8, 4) is 0 Å². The number of hydrogen-bond donors (Lipinski definition) is 0. The number of hydrogen-bond acceptors (Lipinski definition) is 4. The Kier molecular flexibility index (Phi) is 4.18. The van der Waals surface area contributed by atoms with E-state index in [1.165, 1.54) is 45.3 Å². The predicted octanol–water partition coefficient (Wildman–Crippen LogP) is 2.44. The summed E-state index contributed by atoms with van der Waals surface area (Å²) in [5, 5.41) is 0.344. The maximum absolute atomic E-state index is 5.85. The SMILES string of the molecule is Clc1nccc(N2CCC(CN3CCCC3)CC2)n1. The number of piperidine rings is 1. The summed E-state index contributed by atoms with van der Waals surface area (Å²) in [7, 11) is 0.